The van der Waals surface area contributed by atoms with Crippen molar-refractivity contribution < 1.29 is 40.5 Å². The summed E-state index contributed by atoms with van der Waals surface area (Å²) in [6, 6.07) is 3.78. The quantitative estimate of drug-likeness (QED) is 0.464. The van der Waals surface area contributed by atoms with Crippen LogP contribution in [0, 0.1) is 0 Å². The second-order valence-corrected chi connectivity index (χ2v) is 2.56. The standard InChI is InChI=1S/C9H11N3O3.H2O.Pd/c1-15-7-4-2-3-6(8(7)13)5-11-12-9(10)14;;/h2-5H,1H3,(H4,10,11,12,13,14);1H2;/q;;+2/p-2. The summed E-state index contributed by atoms with van der Waals surface area (Å²) >= 11 is 0. The molecule has 0 unspecified atom stereocenters. The number of nitrogens with two attached hydrogens (primary N) is 1. The van der Waals surface area contributed by atoms with Gasteiger partial charge in [-0.2, -0.15) is 0 Å². The van der Waals surface area contributed by atoms with Gasteiger partial charge in [0.05, 0.1) is 7.11 Å². The first kappa shape index (κ1) is 17.8. The normalized spacial score (nSPS) is 9.00. The molecule has 0 heterocycles. The first-order chi connectivity index (χ1) is 7.15. The van der Waals surface area contributed by atoms with E-state index in [0.717, 1.165) is 6.21 Å². The van der Waals surface area contributed by atoms with Gasteiger partial charge in [0.1, 0.15) is 5.75 Å². The number of urea groups is 1. The predicted molar refractivity (Wildman–Crippen MR) is 56.6 cm³/mol. The van der Waals surface area contributed by atoms with Gasteiger partial charge in [-0.25, -0.2) is 0 Å². The van der Waals surface area contributed by atoms with Crippen LogP contribution in [0.1, 0.15) is 5.56 Å². The van der Waals surface area contributed by atoms with Gasteiger partial charge in [-0.3, -0.25) is 9.90 Å². The molecule has 0 saturated heterocycles. The van der Waals surface area contributed by atoms with Crippen molar-refractivity contribution in [1.82, 2.24) is 0 Å². The summed E-state index contributed by atoms with van der Waals surface area (Å²) in [7, 11) is 1.39. The van der Waals surface area contributed by atoms with Crippen molar-refractivity contribution in [2.45, 2.75) is 0 Å². The van der Waals surface area contributed by atoms with Gasteiger partial charge in [0.15, 0.2) is 6.03 Å². The van der Waals surface area contributed by atoms with E-state index in [2.05, 4.69) is 10.5 Å². The molecular formula is C9H11N3O4Pd. The van der Waals surface area contributed by atoms with Crippen LogP contribution in [0.25, 0.3) is 5.43 Å². The fourth-order valence-corrected chi connectivity index (χ4v) is 0.943. The number of ether oxygens (including phenoxy) is 1. The number of nitrogens with zero attached hydrogens (tertiary/aromatic N) is 2. The SMILES string of the molecule is COc1cccc(C=N[N-]C(N)=O)c1[O-].O.[Pd+2]. The number of hydrogen-bond donors (Lipinski definition) is 1. The third-order valence-electron chi connectivity index (χ3n) is 1.58. The van der Waals surface area contributed by atoms with E-state index in [9.17, 15) is 9.90 Å². The van der Waals surface area contributed by atoms with Gasteiger partial charge in [0.2, 0.25) is 0 Å². The van der Waals surface area contributed by atoms with E-state index in [0.29, 0.717) is 0 Å². The second-order valence-electron chi connectivity index (χ2n) is 2.56. The summed E-state index contributed by atoms with van der Waals surface area (Å²) in [5, 5.41) is 14.8. The van der Waals surface area contributed by atoms with Crippen LogP contribution in [0.15, 0.2) is 23.3 Å². The zero-order valence-electron chi connectivity index (χ0n) is 8.82. The first-order valence-electron chi connectivity index (χ1n) is 4.02. The monoisotopic (exact) mass is 331 g/mol. The molecule has 0 bridgehead atoms. The summed E-state index contributed by atoms with van der Waals surface area (Å²) in [6.07, 6.45) is 1.15. The molecule has 0 atom stereocenters. The van der Waals surface area contributed by atoms with E-state index in [-0.39, 0.29) is 43.0 Å². The Morgan fingerprint density at radius 2 is 2.24 bits per heavy atom. The Kier molecular flexibility index (Phi) is 8.91. The van der Waals surface area contributed by atoms with Crippen LogP contribution in [-0.4, -0.2) is 24.8 Å². The summed E-state index contributed by atoms with van der Waals surface area (Å²) in [6.45, 7) is 0. The van der Waals surface area contributed by atoms with Crippen molar-refractivity contribution >= 4 is 12.2 Å². The van der Waals surface area contributed by atoms with E-state index in [1.807, 2.05) is 0 Å². The van der Waals surface area contributed by atoms with Gasteiger partial charge in [-0.15, -0.1) is 0 Å². The molecule has 0 spiro atoms. The largest absolute Gasteiger partial charge is 2.00 e. The Labute approximate surface area is 112 Å². The molecule has 0 aromatic heterocycles. The molecule has 17 heavy (non-hydrogen) atoms. The van der Waals surface area contributed by atoms with Crippen LogP contribution in [0.5, 0.6) is 11.5 Å². The maximum Gasteiger partial charge on any atom is 2.00 e. The van der Waals surface area contributed by atoms with Gasteiger partial charge in [-0.1, -0.05) is 17.9 Å². The van der Waals surface area contributed by atoms with Crippen LogP contribution in [0.2, 0.25) is 0 Å². The topological polar surface area (TPSA) is 133 Å². The van der Waals surface area contributed by atoms with Crippen LogP contribution in [-0.2, 0) is 20.4 Å². The number of methoxy groups -OCH3 is 1. The van der Waals surface area contributed by atoms with Crippen molar-refractivity contribution in [2.24, 2.45) is 10.8 Å². The van der Waals surface area contributed by atoms with E-state index in [1.165, 1.54) is 19.2 Å². The maximum absolute atomic E-state index is 11.5. The van der Waals surface area contributed by atoms with Crippen LogP contribution >= 0.6 is 0 Å². The van der Waals surface area contributed by atoms with Crippen molar-refractivity contribution in [3.05, 3.63) is 29.2 Å². The number of primary amides is 1. The summed E-state index contributed by atoms with van der Waals surface area (Å²) < 4.78 is 4.82. The first-order valence-corrected chi connectivity index (χ1v) is 4.02. The number of benzene rings is 1. The molecular weight excluding hydrogens is 321 g/mol. The molecule has 96 valence electrons. The average Bonchev–Trinajstić information content (AvgIpc) is 2.20. The fourth-order valence-electron chi connectivity index (χ4n) is 0.943. The smallest absolute Gasteiger partial charge is 0.870 e. The number of para-hydroxylation sites is 1. The number of amides is 2. The molecule has 1 aromatic rings. The number of hydrogen-bond acceptors (Lipinski definition) is 4. The van der Waals surface area contributed by atoms with Gasteiger partial charge in [-0.05, 0) is 11.6 Å². The van der Waals surface area contributed by atoms with Crippen LogP contribution in [0.4, 0.5) is 4.79 Å². The van der Waals surface area contributed by atoms with E-state index in [1.54, 1.807) is 6.07 Å². The summed E-state index contributed by atoms with van der Waals surface area (Å²) in [5.41, 5.74) is 8.05. The molecule has 0 fully saturated rings. The van der Waals surface area contributed by atoms with E-state index >= 15 is 0 Å². The minimum atomic E-state index is -0.915. The Balaban J connectivity index is 0. The molecule has 0 aliphatic heterocycles. The average molecular weight is 332 g/mol. The van der Waals surface area contributed by atoms with Gasteiger partial charge in [0.25, 0.3) is 0 Å². The molecule has 1 rings (SSSR count). The molecule has 8 heteroatoms. The maximum atomic E-state index is 11.5. The Hall–Kier alpha value is -1.62. The molecule has 0 aliphatic carbocycles. The summed E-state index contributed by atoms with van der Waals surface area (Å²) in [4.78, 5) is 10.2. The molecule has 7 nitrogen and oxygen atoms in total. The summed E-state index contributed by atoms with van der Waals surface area (Å²) in [5.74, 6) is -0.110. The number of carbonyl (C=O) groups is 1. The Bertz CT molecular complexity index is 398. The van der Waals surface area contributed by atoms with E-state index in [4.69, 9.17) is 10.5 Å². The zero-order valence-corrected chi connectivity index (χ0v) is 10.4. The zero-order chi connectivity index (χ0) is 11.3. The van der Waals surface area contributed by atoms with Crippen molar-refractivity contribution in [2.75, 3.05) is 7.11 Å². The third kappa shape index (κ3) is 5.31. The molecule has 1 aromatic carbocycles. The molecule has 4 N–H and O–H groups in total. The molecule has 2 amide bonds. The molecule has 0 saturated carbocycles. The van der Waals surface area contributed by atoms with Crippen LogP contribution < -0.4 is 15.6 Å². The predicted octanol–water partition coefficient (Wildman–Crippen LogP) is -0.272. The Morgan fingerprint density at radius 3 is 2.76 bits per heavy atom. The number of carbonyl (C=O) groups excluding carboxylic acids is 1. The number of rotatable bonds is 3. The van der Waals surface area contributed by atoms with Gasteiger partial charge < -0.3 is 26.5 Å². The minimum absolute atomic E-state index is 0. The molecule has 0 aliphatic rings. The van der Waals surface area contributed by atoms with Crippen molar-refractivity contribution in [3.8, 4) is 11.5 Å². The van der Waals surface area contributed by atoms with Crippen molar-refractivity contribution in [1.29, 1.82) is 0 Å². The fraction of sp³-hybridized carbons (Fsp3) is 0.111. The van der Waals surface area contributed by atoms with Gasteiger partial charge >= 0.3 is 20.4 Å². The van der Waals surface area contributed by atoms with Crippen molar-refractivity contribution in [3.63, 3.8) is 0 Å². The second kappa shape index (κ2) is 8.52. The van der Waals surface area contributed by atoms with Gasteiger partial charge in [0, 0.05) is 6.21 Å². The van der Waals surface area contributed by atoms with E-state index < -0.39 is 6.03 Å². The minimum Gasteiger partial charge on any atom is -0.870 e. The molecule has 0 radical (unpaired) electrons. The Morgan fingerprint density at radius 1 is 1.59 bits per heavy atom. The van der Waals surface area contributed by atoms with Crippen LogP contribution in [0.3, 0.4) is 0 Å². The third-order valence-corrected chi connectivity index (χ3v) is 1.58.